The molecule has 2 N–H and O–H groups in total. The Bertz CT molecular complexity index is 658. The minimum atomic E-state index is 0.456. The minimum Gasteiger partial charge on any atom is -0.384 e. The molecule has 3 nitrogen and oxygen atoms in total. The van der Waals surface area contributed by atoms with Gasteiger partial charge in [-0.3, -0.25) is 0 Å². The van der Waals surface area contributed by atoms with Gasteiger partial charge in [0.2, 0.25) is 0 Å². The predicted molar refractivity (Wildman–Crippen MR) is 97.2 cm³/mol. The Kier molecular flexibility index (Phi) is 5.61. The van der Waals surface area contributed by atoms with Crippen LogP contribution in [0.4, 0.5) is 11.4 Å². The van der Waals surface area contributed by atoms with Crippen molar-refractivity contribution in [2.24, 2.45) is 10.7 Å². The molecule has 0 heterocycles. The number of rotatable bonds is 5. The number of anilines is 1. The smallest absolute Gasteiger partial charge is 0.124 e. The van der Waals surface area contributed by atoms with Gasteiger partial charge in [0.25, 0.3) is 0 Å². The largest absolute Gasteiger partial charge is 0.384 e. The normalized spacial score (nSPS) is 11.9. The summed E-state index contributed by atoms with van der Waals surface area (Å²) in [6.45, 7) is 3.11. The third-order valence-corrected chi connectivity index (χ3v) is 3.59. The van der Waals surface area contributed by atoms with Gasteiger partial charge in [0.15, 0.2) is 0 Å². The standard InChI is InChI=1S/C18H20ClN3/c1-3-22(2)17-11-4-14(5-12-17)6-13-18(20)21-16-9-7-15(19)8-10-16/h4-13H,3H2,1-2H3,(H2,20,21)/b13-6+. The monoisotopic (exact) mass is 313 g/mol. The van der Waals surface area contributed by atoms with Crippen molar-refractivity contribution in [2.75, 3.05) is 18.5 Å². The molecule has 0 aliphatic carbocycles. The van der Waals surface area contributed by atoms with Crippen LogP contribution in [0, 0.1) is 0 Å². The van der Waals surface area contributed by atoms with Gasteiger partial charge in [-0.1, -0.05) is 29.8 Å². The number of benzene rings is 2. The molecule has 0 bridgehead atoms. The Hall–Kier alpha value is -2.26. The van der Waals surface area contributed by atoms with Crippen LogP contribution in [-0.4, -0.2) is 19.4 Å². The Morgan fingerprint density at radius 1 is 1.14 bits per heavy atom. The summed E-state index contributed by atoms with van der Waals surface area (Å²) in [5, 5.41) is 0.685. The maximum absolute atomic E-state index is 5.91. The zero-order valence-electron chi connectivity index (χ0n) is 12.8. The highest BCUT2D eigenvalue weighted by Crippen LogP contribution is 2.17. The second kappa shape index (κ2) is 7.66. The molecule has 2 rings (SSSR count). The Morgan fingerprint density at radius 3 is 2.36 bits per heavy atom. The summed E-state index contributed by atoms with van der Waals surface area (Å²) >= 11 is 5.84. The molecule has 22 heavy (non-hydrogen) atoms. The molecule has 0 saturated carbocycles. The molecule has 0 amide bonds. The van der Waals surface area contributed by atoms with E-state index < -0.39 is 0 Å². The maximum Gasteiger partial charge on any atom is 0.124 e. The van der Waals surface area contributed by atoms with Crippen LogP contribution in [0.3, 0.4) is 0 Å². The van der Waals surface area contributed by atoms with E-state index >= 15 is 0 Å². The van der Waals surface area contributed by atoms with Gasteiger partial charge in [-0.2, -0.15) is 0 Å². The maximum atomic E-state index is 5.91. The van der Waals surface area contributed by atoms with Crippen LogP contribution in [0.25, 0.3) is 6.08 Å². The minimum absolute atomic E-state index is 0.456. The van der Waals surface area contributed by atoms with E-state index in [9.17, 15) is 0 Å². The molecule has 0 aliphatic rings. The fourth-order valence-electron chi connectivity index (χ4n) is 1.91. The van der Waals surface area contributed by atoms with Gasteiger partial charge in [0.1, 0.15) is 5.84 Å². The first-order valence-electron chi connectivity index (χ1n) is 7.17. The van der Waals surface area contributed by atoms with E-state index in [4.69, 9.17) is 17.3 Å². The number of hydrogen-bond acceptors (Lipinski definition) is 2. The van der Waals surface area contributed by atoms with Crippen molar-refractivity contribution in [1.82, 2.24) is 0 Å². The van der Waals surface area contributed by atoms with Crippen LogP contribution in [0.5, 0.6) is 0 Å². The van der Waals surface area contributed by atoms with Gasteiger partial charge in [-0.05, 0) is 55.0 Å². The lowest BCUT2D eigenvalue weighted by atomic mass is 10.2. The quantitative estimate of drug-likeness (QED) is 0.652. The summed E-state index contributed by atoms with van der Waals surface area (Å²) in [5.74, 6) is 0.456. The highest BCUT2D eigenvalue weighted by atomic mass is 35.5. The summed E-state index contributed by atoms with van der Waals surface area (Å²) in [7, 11) is 2.07. The van der Waals surface area contributed by atoms with Crippen molar-refractivity contribution in [3.8, 4) is 0 Å². The zero-order valence-corrected chi connectivity index (χ0v) is 13.6. The highest BCUT2D eigenvalue weighted by molar-refractivity contribution is 6.30. The fourth-order valence-corrected chi connectivity index (χ4v) is 2.03. The molecule has 0 aliphatic heterocycles. The average molecular weight is 314 g/mol. The van der Waals surface area contributed by atoms with Gasteiger partial charge < -0.3 is 10.6 Å². The molecular weight excluding hydrogens is 294 g/mol. The van der Waals surface area contributed by atoms with Crippen molar-refractivity contribution in [2.45, 2.75) is 6.92 Å². The number of aliphatic imine (C=N–C) groups is 1. The lowest BCUT2D eigenvalue weighted by molar-refractivity contribution is 0.968. The van der Waals surface area contributed by atoms with E-state index in [0.717, 1.165) is 17.8 Å². The summed E-state index contributed by atoms with van der Waals surface area (Å²) in [4.78, 5) is 6.50. The van der Waals surface area contributed by atoms with E-state index in [2.05, 4.69) is 48.1 Å². The zero-order chi connectivity index (χ0) is 15.9. The van der Waals surface area contributed by atoms with Gasteiger partial charge >= 0.3 is 0 Å². The molecule has 0 saturated heterocycles. The summed E-state index contributed by atoms with van der Waals surface area (Å²) in [6, 6.07) is 15.6. The van der Waals surface area contributed by atoms with Crippen molar-refractivity contribution in [3.63, 3.8) is 0 Å². The van der Waals surface area contributed by atoms with Gasteiger partial charge in [-0.15, -0.1) is 0 Å². The Morgan fingerprint density at radius 2 is 1.77 bits per heavy atom. The average Bonchev–Trinajstić information content (AvgIpc) is 2.55. The third-order valence-electron chi connectivity index (χ3n) is 3.34. The molecule has 2 aromatic rings. The van der Waals surface area contributed by atoms with E-state index in [1.807, 2.05) is 18.2 Å². The molecule has 0 atom stereocenters. The SMILES string of the molecule is CCN(C)c1ccc(/C=C/C(N)=Nc2ccc(Cl)cc2)cc1. The first-order valence-corrected chi connectivity index (χ1v) is 7.55. The molecule has 0 radical (unpaired) electrons. The third kappa shape index (κ3) is 4.64. The van der Waals surface area contributed by atoms with Crippen molar-refractivity contribution in [1.29, 1.82) is 0 Å². The first-order chi connectivity index (χ1) is 10.6. The van der Waals surface area contributed by atoms with E-state index in [1.165, 1.54) is 5.69 Å². The summed E-state index contributed by atoms with van der Waals surface area (Å²) in [6.07, 6.45) is 3.75. The molecule has 4 heteroatoms. The van der Waals surface area contributed by atoms with Crippen LogP contribution >= 0.6 is 11.6 Å². The lowest BCUT2D eigenvalue weighted by Crippen LogP contribution is -2.15. The molecule has 0 unspecified atom stereocenters. The van der Waals surface area contributed by atoms with E-state index in [0.29, 0.717) is 10.9 Å². The van der Waals surface area contributed by atoms with Crippen LogP contribution in [-0.2, 0) is 0 Å². The van der Waals surface area contributed by atoms with Gasteiger partial charge in [0.05, 0.1) is 5.69 Å². The summed E-state index contributed by atoms with van der Waals surface area (Å²) in [5.41, 5.74) is 8.98. The topological polar surface area (TPSA) is 41.6 Å². The molecule has 2 aromatic carbocycles. The predicted octanol–water partition coefficient (Wildman–Crippen LogP) is 4.50. The molecular formula is C18H20ClN3. The summed E-state index contributed by atoms with van der Waals surface area (Å²) < 4.78 is 0. The van der Waals surface area contributed by atoms with Crippen LogP contribution in [0.1, 0.15) is 12.5 Å². The Balaban J connectivity index is 2.05. The molecule has 0 fully saturated rings. The number of nitrogens with two attached hydrogens (primary N) is 1. The van der Waals surface area contributed by atoms with E-state index in [-0.39, 0.29) is 0 Å². The van der Waals surface area contributed by atoms with Crippen molar-refractivity contribution >= 4 is 34.9 Å². The van der Waals surface area contributed by atoms with Gasteiger partial charge in [-0.25, -0.2) is 4.99 Å². The van der Waals surface area contributed by atoms with Crippen LogP contribution in [0.15, 0.2) is 59.6 Å². The second-order valence-electron chi connectivity index (χ2n) is 4.95. The van der Waals surface area contributed by atoms with Crippen LogP contribution in [0.2, 0.25) is 5.02 Å². The molecule has 0 spiro atoms. The van der Waals surface area contributed by atoms with Crippen LogP contribution < -0.4 is 10.6 Å². The number of amidine groups is 1. The number of halogens is 1. The van der Waals surface area contributed by atoms with Crippen molar-refractivity contribution < 1.29 is 0 Å². The fraction of sp³-hybridized carbons (Fsp3) is 0.167. The number of hydrogen-bond donors (Lipinski definition) is 1. The highest BCUT2D eigenvalue weighted by Gasteiger charge is 1.97. The van der Waals surface area contributed by atoms with Gasteiger partial charge in [0, 0.05) is 24.3 Å². The Labute approximate surface area is 136 Å². The number of nitrogens with zero attached hydrogens (tertiary/aromatic N) is 2. The lowest BCUT2D eigenvalue weighted by Gasteiger charge is -2.16. The van der Waals surface area contributed by atoms with E-state index in [1.54, 1.807) is 18.2 Å². The molecule has 114 valence electrons. The molecule has 0 aromatic heterocycles. The van der Waals surface area contributed by atoms with Crippen molar-refractivity contribution in [3.05, 3.63) is 65.2 Å². The first kappa shape index (κ1) is 16.1. The second-order valence-corrected chi connectivity index (χ2v) is 5.39.